The predicted molar refractivity (Wildman–Crippen MR) is 66.0 cm³/mol. The Morgan fingerprint density at radius 3 is 2.81 bits per heavy atom. The van der Waals surface area contributed by atoms with Crippen molar-refractivity contribution in [1.82, 2.24) is 10.3 Å². The van der Waals surface area contributed by atoms with Gasteiger partial charge >= 0.3 is 0 Å². The molecule has 1 aromatic heterocycles. The first kappa shape index (κ1) is 13.1. The zero-order chi connectivity index (χ0) is 12.2. The molecule has 4 nitrogen and oxygen atoms in total. The number of nitrogens with zero attached hydrogens (tertiary/aromatic N) is 1. The fourth-order valence-corrected chi connectivity index (χ4v) is 1.63. The van der Waals surface area contributed by atoms with Crippen LogP contribution in [-0.2, 0) is 11.3 Å². The highest BCUT2D eigenvalue weighted by atomic mass is 32.1. The topological polar surface area (TPSA) is 68.0 Å². The van der Waals surface area contributed by atoms with Gasteiger partial charge in [0.2, 0.25) is 5.91 Å². The summed E-state index contributed by atoms with van der Waals surface area (Å²) in [4.78, 5) is 16.6. The minimum absolute atomic E-state index is 0.00387. The van der Waals surface area contributed by atoms with Crippen LogP contribution < -0.4 is 11.1 Å². The summed E-state index contributed by atoms with van der Waals surface area (Å²) in [6.45, 7) is 6.65. The van der Waals surface area contributed by atoms with Crippen LogP contribution in [0.5, 0.6) is 0 Å². The van der Waals surface area contributed by atoms with Crippen molar-refractivity contribution >= 4 is 17.2 Å². The van der Waals surface area contributed by atoms with Crippen molar-refractivity contribution in [3.8, 4) is 0 Å². The maximum atomic E-state index is 11.6. The quantitative estimate of drug-likeness (QED) is 0.840. The Kier molecular flexibility index (Phi) is 4.44. The van der Waals surface area contributed by atoms with E-state index < -0.39 is 0 Å². The Labute approximate surface area is 100 Å². The molecular weight excluding hydrogens is 222 g/mol. The van der Waals surface area contributed by atoms with Crippen LogP contribution in [0.3, 0.4) is 0 Å². The van der Waals surface area contributed by atoms with E-state index in [9.17, 15) is 4.79 Å². The molecule has 1 unspecified atom stereocenters. The predicted octanol–water partition coefficient (Wildman–Crippen LogP) is 1.52. The van der Waals surface area contributed by atoms with Gasteiger partial charge in [0.25, 0.3) is 0 Å². The van der Waals surface area contributed by atoms with Crippen LogP contribution in [0.2, 0.25) is 0 Å². The largest absolute Gasteiger partial charge is 0.351 e. The first-order chi connectivity index (χ1) is 7.39. The molecule has 0 spiro atoms. The van der Waals surface area contributed by atoms with Gasteiger partial charge in [0.1, 0.15) is 0 Å². The highest BCUT2D eigenvalue weighted by Crippen LogP contribution is 2.19. The molecule has 90 valence electrons. The molecule has 1 heterocycles. The van der Waals surface area contributed by atoms with Crippen LogP contribution >= 0.6 is 11.3 Å². The van der Waals surface area contributed by atoms with Crippen LogP contribution in [0, 0.1) is 5.41 Å². The first-order valence-corrected chi connectivity index (χ1v) is 6.17. The highest BCUT2D eigenvalue weighted by molar-refractivity contribution is 7.09. The van der Waals surface area contributed by atoms with E-state index in [2.05, 4.69) is 10.3 Å². The number of hydrogen-bond acceptors (Lipinski definition) is 4. The number of thiazole rings is 1. The minimum Gasteiger partial charge on any atom is -0.351 e. The van der Waals surface area contributed by atoms with E-state index in [-0.39, 0.29) is 17.4 Å². The van der Waals surface area contributed by atoms with E-state index in [4.69, 9.17) is 5.73 Å². The fraction of sp³-hybridized carbons (Fsp3) is 0.636. The van der Waals surface area contributed by atoms with E-state index >= 15 is 0 Å². The first-order valence-electron chi connectivity index (χ1n) is 5.29. The van der Waals surface area contributed by atoms with Gasteiger partial charge in [0.15, 0.2) is 0 Å². The van der Waals surface area contributed by atoms with Crippen LogP contribution in [0.25, 0.3) is 0 Å². The van der Waals surface area contributed by atoms with Crippen molar-refractivity contribution in [2.75, 3.05) is 0 Å². The smallest absolute Gasteiger partial charge is 0.221 e. The maximum absolute atomic E-state index is 11.6. The van der Waals surface area contributed by atoms with Crippen molar-refractivity contribution in [2.45, 2.75) is 39.8 Å². The summed E-state index contributed by atoms with van der Waals surface area (Å²) in [5.41, 5.74) is 7.64. The Bertz CT molecular complexity index is 329. The van der Waals surface area contributed by atoms with Crippen molar-refractivity contribution in [1.29, 1.82) is 0 Å². The molecule has 1 aromatic rings. The van der Waals surface area contributed by atoms with Gasteiger partial charge in [-0.05, 0) is 5.41 Å². The molecule has 0 saturated heterocycles. The molecule has 16 heavy (non-hydrogen) atoms. The lowest BCUT2D eigenvalue weighted by Gasteiger charge is -2.26. The molecule has 0 aliphatic rings. The zero-order valence-corrected chi connectivity index (χ0v) is 10.8. The van der Waals surface area contributed by atoms with Gasteiger partial charge in [-0.3, -0.25) is 9.78 Å². The van der Waals surface area contributed by atoms with Crippen LogP contribution in [0.4, 0.5) is 0 Å². The Hall–Kier alpha value is -0.940. The van der Waals surface area contributed by atoms with Crippen molar-refractivity contribution in [3.05, 3.63) is 16.6 Å². The molecule has 0 fully saturated rings. The summed E-state index contributed by atoms with van der Waals surface area (Å²) in [5, 5.41) is 2.84. The Morgan fingerprint density at radius 1 is 1.62 bits per heavy atom. The number of amides is 1. The number of aromatic nitrogens is 1. The second-order valence-corrected chi connectivity index (χ2v) is 5.89. The molecule has 1 amide bonds. The highest BCUT2D eigenvalue weighted by Gasteiger charge is 2.22. The number of hydrogen-bond donors (Lipinski definition) is 2. The standard InChI is InChI=1S/C11H19N3OS/c1-11(2,3)9(12)4-10(15)14-6-8-5-13-7-16-8/h5,7,9H,4,6,12H2,1-3H3,(H,14,15). The zero-order valence-electron chi connectivity index (χ0n) is 9.99. The second kappa shape index (κ2) is 5.41. The van der Waals surface area contributed by atoms with Crippen LogP contribution in [-0.4, -0.2) is 16.9 Å². The van der Waals surface area contributed by atoms with Gasteiger partial charge in [-0.1, -0.05) is 20.8 Å². The third-order valence-electron chi connectivity index (χ3n) is 2.46. The van der Waals surface area contributed by atoms with E-state index in [0.29, 0.717) is 13.0 Å². The Morgan fingerprint density at radius 2 is 2.31 bits per heavy atom. The number of nitrogens with two attached hydrogens (primary N) is 1. The van der Waals surface area contributed by atoms with E-state index in [0.717, 1.165) is 4.88 Å². The molecule has 5 heteroatoms. The summed E-state index contributed by atoms with van der Waals surface area (Å²) in [6.07, 6.45) is 2.12. The van der Waals surface area contributed by atoms with E-state index in [1.54, 1.807) is 11.7 Å². The molecule has 1 rings (SSSR count). The summed E-state index contributed by atoms with van der Waals surface area (Å²) >= 11 is 1.53. The lowest BCUT2D eigenvalue weighted by molar-refractivity contribution is -0.122. The number of rotatable bonds is 4. The van der Waals surface area contributed by atoms with E-state index in [1.165, 1.54) is 11.3 Å². The SMILES string of the molecule is CC(C)(C)C(N)CC(=O)NCc1cncs1. The Balaban J connectivity index is 2.31. The molecular formula is C11H19N3OS. The number of carbonyl (C=O) groups excluding carboxylic acids is 1. The average Bonchev–Trinajstić information content (AvgIpc) is 2.65. The van der Waals surface area contributed by atoms with Gasteiger partial charge in [0.05, 0.1) is 12.1 Å². The number of carbonyl (C=O) groups is 1. The molecule has 0 aliphatic carbocycles. The molecule has 0 aromatic carbocycles. The molecule has 0 aliphatic heterocycles. The minimum atomic E-state index is -0.117. The lowest BCUT2D eigenvalue weighted by atomic mass is 9.85. The van der Waals surface area contributed by atoms with Gasteiger partial charge in [-0.25, -0.2) is 0 Å². The normalized spacial score (nSPS) is 13.5. The summed E-state index contributed by atoms with van der Waals surface area (Å²) < 4.78 is 0. The fourth-order valence-electron chi connectivity index (χ4n) is 1.09. The molecule has 3 N–H and O–H groups in total. The van der Waals surface area contributed by atoms with Crippen LogP contribution in [0.15, 0.2) is 11.7 Å². The maximum Gasteiger partial charge on any atom is 0.221 e. The van der Waals surface area contributed by atoms with Crippen molar-refractivity contribution in [3.63, 3.8) is 0 Å². The third-order valence-corrected chi connectivity index (χ3v) is 3.24. The third kappa shape index (κ3) is 4.28. The monoisotopic (exact) mass is 241 g/mol. The van der Waals surface area contributed by atoms with Crippen LogP contribution in [0.1, 0.15) is 32.1 Å². The van der Waals surface area contributed by atoms with Gasteiger partial charge in [-0.15, -0.1) is 11.3 Å². The van der Waals surface area contributed by atoms with E-state index in [1.807, 2.05) is 20.8 Å². The van der Waals surface area contributed by atoms with Crippen molar-refractivity contribution < 1.29 is 4.79 Å². The summed E-state index contributed by atoms with van der Waals surface area (Å²) in [7, 11) is 0. The van der Waals surface area contributed by atoms with Gasteiger partial charge in [-0.2, -0.15) is 0 Å². The average molecular weight is 241 g/mol. The van der Waals surface area contributed by atoms with Gasteiger partial charge in [0, 0.05) is 23.5 Å². The van der Waals surface area contributed by atoms with Gasteiger partial charge < -0.3 is 11.1 Å². The summed E-state index contributed by atoms with van der Waals surface area (Å²) in [5.74, 6) is -0.00387. The second-order valence-electron chi connectivity index (χ2n) is 4.92. The number of nitrogens with one attached hydrogen (secondary N) is 1. The lowest BCUT2D eigenvalue weighted by Crippen LogP contribution is -2.39. The summed E-state index contributed by atoms with van der Waals surface area (Å²) in [6, 6.07) is -0.117. The van der Waals surface area contributed by atoms with Crippen molar-refractivity contribution in [2.24, 2.45) is 11.1 Å². The molecule has 0 saturated carbocycles. The molecule has 1 atom stereocenters. The molecule has 0 radical (unpaired) electrons. The molecule has 0 bridgehead atoms.